The van der Waals surface area contributed by atoms with Crippen LogP contribution in [-0.2, 0) is 10.0 Å². The number of benzene rings is 2. The van der Waals surface area contributed by atoms with Crippen molar-refractivity contribution in [1.29, 1.82) is 0 Å². The third kappa shape index (κ3) is 4.71. The predicted octanol–water partition coefficient (Wildman–Crippen LogP) is 4.06. The number of methoxy groups -OCH3 is 1. The minimum atomic E-state index is -3.48. The molecule has 0 spiro atoms. The maximum Gasteiger partial charge on any atom is 0.240 e. The van der Waals surface area contributed by atoms with E-state index in [0.717, 1.165) is 37.0 Å². The standard InChI is InChI=1S/C20H24N2O3S/c1-25-20-10-6-5-7-16(20)15-21-17-11-13-19(14-12-17)26(23,24)22-18-8-3-2-4-9-18/h5-7,10-15,18,22H,2-4,8-9H2,1H3. The van der Waals surface area contributed by atoms with Gasteiger partial charge in [-0.2, -0.15) is 0 Å². The van der Waals surface area contributed by atoms with E-state index in [-0.39, 0.29) is 10.9 Å². The van der Waals surface area contributed by atoms with E-state index >= 15 is 0 Å². The molecule has 5 nitrogen and oxygen atoms in total. The molecule has 1 N–H and O–H groups in total. The van der Waals surface area contributed by atoms with Crippen LogP contribution in [0.15, 0.2) is 58.4 Å². The summed E-state index contributed by atoms with van der Waals surface area (Å²) in [6.45, 7) is 0. The fourth-order valence-electron chi connectivity index (χ4n) is 3.14. The molecule has 0 bridgehead atoms. The molecule has 3 rings (SSSR count). The van der Waals surface area contributed by atoms with Gasteiger partial charge in [0.15, 0.2) is 0 Å². The molecular weight excluding hydrogens is 348 g/mol. The van der Waals surface area contributed by atoms with E-state index in [9.17, 15) is 8.42 Å². The second kappa shape index (κ2) is 8.47. The Bertz CT molecular complexity index is 855. The van der Waals surface area contributed by atoms with Crippen LogP contribution < -0.4 is 9.46 Å². The molecule has 0 amide bonds. The summed E-state index contributed by atoms with van der Waals surface area (Å²) in [6, 6.07) is 14.3. The van der Waals surface area contributed by atoms with Crippen molar-refractivity contribution in [2.75, 3.05) is 7.11 Å². The molecule has 0 aliphatic heterocycles. The van der Waals surface area contributed by atoms with Gasteiger partial charge in [-0.3, -0.25) is 4.99 Å². The monoisotopic (exact) mass is 372 g/mol. The summed E-state index contributed by atoms with van der Waals surface area (Å²) in [7, 11) is -1.86. The largest absolute Gasteiger partial charge is 0.496 e. The van der Waals surface area contributed by atoms with E-state index in [1.807, 2.05) is 24.3 Å². The summed E-state index contributed by atoms with van der Waals surface area (Å²) in [5, 5.41) is 0. The summed E-state index contributed by atoms with van der Waals surface area (Å²) in [4.78, 5) is 4.68. The highest BCUT2D eigenvalue weighted by Crippen LogP contribution is 2.22. The summed E-state index contributed by atoms with van der Waals surface area (Å²) in [5.74, 6) is 0.743. The van der Waals surface area contributed by atoms with E-state index in [1.165, 1.54) is 6.42 Å². The van der Waals surface area contributed by atoms with Gasteiger partial charge >= 0.3 is 0 Å². The number of para-hydroxylation sites is 1. The van der Waals surface area contributed by atoms with Crippen molar-refractivity contribution in [2.45, 2.75) is 43.0 Å². The predicted molar refractivity (Wildman–Crippen MR) is 104 cm³/mol. The highest BCUT2D eigenvalue weighted by molar-refractivity contribution is 7.89. The molecule has 0 aromatic heterocycles. The minimum Gasteiger partial charge on any atom is -0.496 e. The molecule has 138 valence electrons. The topological polar surface area (TPSA) is 67.8 Å². The van der Waals surface area contributed by atoms with Gasteiger partial charge in [-0.15, -0.1) is 0 Å². The molecule has 0 saturated heterocycles. The zero-order valence-electron chi connectivity index (χ0n) is 14.9. The van der Waals surface area contributed by atoms with Crippen LogP contribution in [0.4, 0.5) is 5.69 Å². The van der Waals surface area contributed by atoms with Crippen LogP contribution in [0.3, 0.4) is 0 Å². The van der Waals surface area contributed by atoms with Crippen LogP contribution in [0.1, 0.15) is 37.7 Å². The molecule has 0 heterocycles. The van der Waals surface area contributed by atoms with Crippen molar-refractivity contribution in [2.24, 2.45) is 4.99 Å². The van der Waals surface area contributed by atoms with Gasteiger partial charge in [0.25, 0.3) is 0 Å². The average molecular weight is 372 g/mol. The van der Waals surface area contributed by atoms with Gasteiger partial charge in [-0.1, -0.05) is 31.4 Å². The molecule has 2 aromatic carbocycles. The third-order valence-corrected chi connectivity index (χ3v) is 6.10. The summed E-state index contributed by atoms with van der Waals surface area (Å²) in [6.07, 6.45) is 6.91. The SMILES string of the molecule is COc1ccccc1C=Nc1ccc(S(=O)(=O)NC2CCCCC2)cc1. The van der Waals surface area contributed by atoms with Crippen molar-refractivity contribution >= 4 is 21.9 Å². The van der Waals surface area contributed by atoms with E-state index in [4.69, 9.17) is 4.74 Å². The van der Waals surface area contributed by atoms with Crippen LogP contribution in [0.2, 0.25) is 0 Å². The second-order valence-electron chi connectivity index (χ2n) is 6.45. The van der Waals surface area contributed by atoms with Gasteiger partial charge in [0, 0.05) is 17.8 Å². The molecule has 0 radical (unpaired) electrons. The Morgan fingerprint density at radius 2 is 1.73 bits per heavy atom. The number of sulfonamides is 1. The first-order valence-corrected chi connectivity index (χ1v) is 10.4. The lowest BCUT2D eigenvalue weighted by atomic mass is 9.96. The smallest absolute Gasteiger partial charge is 0.240 e. The maximum atomic E-state index is 12.5. The van der Waals surface area contributed by atoms with Crippen molar-refractivity contribution in [3.05, 3.63) is 54.1 Å². The van der Waals surface area contributed by atoms with Crippen molar-refractivity contribution in [1.82, 2.24) is 4.72 Å². The van der Waals surface area contributed by atoms with Crippen molar-refractivity contribution in [3.8, 4) is 5.75 Å². The maximum absolute atomic E-state index is 12.5. The van der Waals surface area contributed by atoms with Crippen LogP contribution in [0, 0.1) is 0 Å². The third-order valence-electron chi connectivity index (χ3n) is 4.57. The minimum absolute atomic E-state index is 0.0528. The molecular formula is C20H24N2O3S. The lowest BCUT2D eigenvalue weighted by molar-refractivity contribution is 0.412. The summed E-state index contributed by atoms with van der Waals surface area (Å²) in [5.41, 5.74) is 1.55. The molecule has 2 aromatic rings. The van der Waals surface area contributed by atoms with Gasteiger partial charge in [-0.05, 0) is 49.2 Å². The fraction of sp³-hybridized carbons (Fsp3) is 0.350. The molecule has 26 heavy (non-hydrogen) atoms. The average Bonchev–Trinajstić information content (AvgIpc) is 2.67. The number of hydrogen-bond acceptors (Lipinski definition) is 4. The van der Waals surface area contributed by atoms with Crippen LogP contribution in [0.5, 0.6) is 5.75 Å². The number of nitrogens with one attached hydrogen (secondary N) is 1. The first-order chi connectivity index (χ1) is 12.6. The number of rotatable bonds is 6. The Hall–Kier alpha value is -2.18. The van der Waals surface area contributed by atoms with E-state index in [2.05, 4.69) is 9.71 Å². The molecule has 1 aliphatic carbocycles. The normalized spacial score (nSPS) is 16.0. The Kier molecular flexibility index (Phi) is 6.06. The Morgan fingerprint density at radius 3 is 2.42 bits per heavy atom. The van der Waals surface area contributed by atoms with Crippen LogP contribution in [0.25, 0.3) is 0 Å². The van der Waals surface area contributed by atoms with Gasteiger partial charge in [0.05, 0.1) is 17.7 Å². The Labute approximate surface area is 155 Å². The molecule has 0 unspecified atom stereocenters. The van der Waals surface area contributed by atoms with Crippen molar-refractivity contribution in [3.63, 3.8) is 0 Å². The zero-order chi connectivity index (χ0) is 18.4. The molecule has 1 saturated carbocycles. The number of ether oxygens (including phenoxy) is 1. The van der Waals surface area contributed by atoms with Gasteiger partial charge in [-0.25, -0.2) is 13.1 Å². The van der Waals surface area contributed by atoms with E-state index < -0.39 is 10.0 Å². The quantitative estimate of drug-likeness (QED) is 0.778. The Balaban J connectivity index is 1.70. The first kappa shape index (κ1) is 18.6. The lowest BCUT2D eigenvalue weighted by Gasteiger charge is -2.22. The number of aliphatic imine (C=N–C) groups is 1. The summed E-state index contributed by atoms with van der Waals surface area (Å²) >= 11 is 0. The second-order valence-corrected chi connectivity index (χ2v) is 8.16. The molecule has 6 heteroatoms. The van der Waals surface area contributed by atoms with Gasteiger partial charge < -0.3 is 4.74 Å². The van der Waals surface area contributed by atoms with Gasteiger partial charge in [0.2, 0.25) is 10.0 Å². The molecule has 1 aliphatic rings. The number of nitrogens with zero attached hydrogens (tertiary/aromatic N) is 1. The van der Waals surface area contributed by atoms with Crippen LogP contribution >= 0.6 is 0 Å². The summed E-state index contributed by atoms with van der Waals surface area (Å²) < 4.78 is 33.1. The van der Waals surface area contributed by atoms with Gasteiger partial charge in [0.1, 0.15) is 5.75 Å². The Morgan fingerprint density at radius 1 is 1.04 bits per heavy atom. The first-order valence-electron chi connectivity index (χ1n) is 8.88. The zero-order valence-corrected chi connectivity index (χ0v) is 15.7. The van der Waals surface area contributed by atoms with E-state index in [1.54, 1.807) is 37.6 Å². The number of hydrogen-bond donors (Lipinski definition) is 1. The highest BCUT2D eigenvalue weighted by Gasteiger charge is 2.21. The highest BCUT2D eigenvalue weighted by atomic mass is 32.2. The fourth-order valence-corrected chi connectivity index (χ4v) is 4.44. The van der Waals surface area contributed by atoms with Crippen LogP contribution in [-0.4, -0.2) is 27.8 Å². The van der Waals surface area contributed by atoms with Crippen molar-refractivity contribution < 1.29 is 13.2 Å². The molecule has 0 atom stereocenters. The molecule has 1 fully saturated rings. The van der Waals surface area contributed by atoms with E-state index in [0.29, 0.717) is 5.69 Å². The lowest BCUT2D eigenvalue weighted by Crippen LogP contribution is -2.36.